The van der Waals surface area contributed by atoms with Crippen molar-refractivity contribution in [3.05, 3.63) is 56.3 Å². The topological polar surface area (TPSA) is 75.2 Å². The number of morpholine rings is 1. The molecule has 1 unspecified atom stereocenters. The Kier molecular flexibility index (Phi) is 6.24. The van der Waals surface area contributed by atoms with Crippen LogP contribution in [0.25, 0.3) is 0 Å². The first-order valence-corrected chi connectivity index (χ1v) is 9.34. The molecule has 1 N–H and O–H groups in total. The first-order chi connectivity index (χ1) is 13.4. The van der Waals surface area contributed by atoms with E-state index >= 15 is 0 Å². The van der Waals surface area contributed by atoms with Gasteiger partial charge in [0.05, 0.1) is 12.7 Å². The fourth-order valence-electron chi connectivity index (χ4n) is 3.26. The van der Waals surface area contributed by atoms with Crippen molar-refractivity contribution in [2.45, 2.75) is 12.6 Å². The third kappa shape index (κ3) is 4.30. The quantitative estimate of drug-likeness (QED) is 0.767. The molecule has 0 amide bonds. The SMILES string of the molecule is Cn1c(NCC2CN(Cc3ccc(F)cc3)CCO2)c(C#N)c(=O)n(C)c1=S. The molecule has 9 heteroatoms. The number of benzene rings is 1. The van der Waals surface area contributed by atoms with Crippen LogP contribution in [0.5, 0.6) is 0 Å². The zero-order valence-corrected chi connectivity index (χ0v) is 16.6. The van der Waals surface area contributed by atoms with Crippen LogP contribution >= 0.6 is 12.2 Å². The fourth-order valence-corrected chi connectivity index (χ4v) is 3.43. The van der Waals surface area contributed by atoms with Crippen molar-refractivity contribution in [2.24, 2.45) is 14.1 Å². The van der Waals surface area contributed by atoms with Crippen LogP contribution in [0.4, 0.5) is 10.2 Å². The zero-order valence-electron chi connectivity index (χ0n) is 15.8. The van der Waals surface area contributed by atoms with Gasteiger partial charge in [-0.25, -0.2) is 4.39 Å². The maximum atomic E-state index is 13.1. The molecule has 1 aliphatic rings. The van der Waals surface area contributed by atoms with E-state index < -0.39 is 5.56 Å². The Hall–Kier alpha value is -2.54. The van der Waals surface area contributed by atoms with Crippen LogP contribution in [0, 0.1) is 21.9 Å². The fraction of sp³-hybridized carbons (Fsp3) is 0.421. The lowest BCUT2D eigenvalue weighted by Crippen LogP contribution is -2.45. The Morgan fingerprint density at radius 2 is 2.04 bits per heavy atom. The van der Waals surface area contributed by atoms with E-state index in [9.17, 15) is 14.4 Å². The van der Waals surface area contributed by atoms with Gasteiger partial charge in [-0.05, 0) is 29.9 Å². The molecule has 1 aromatic heterocycles. The van der Waals surface area contributed by atoms with E-state index in [1.165, 1.54) is 16.7 Å². The molecule has 7 nitrogen and oxygen atoms in total. The lowest BCUT2D eigenvalue weighted by Gasteiger charge is -2.33. The van der Waals surface area contributed by atoms with E-state index in [0.29, 0.717) is 36.8 Å². The first-order valence-electron chi connectivity index (χ1n) is 8.93. The summed E-state index contributed by atoms with van der Waals surface area (Å²) in [5.41, 5.74) is 0.642. The summed E-state index contributed by atoms with van der Waals surface area (Å²) < 4.78 is 22.1. The predicted molar refractivity (Wildman–Crippen MR) is 106 cm³/mol. The lowest BCUT2D eigenvalue weighted by atomic mass is 10.2. The molecule has 2 heterocycles. The van der Waals surface area contributed by atoms with Crippen LogP contribution in [0.15, 0.2) is 29.1 Å². The summed E-state index contributed by atoms with van der Waals surface area (Å²) >= 11 is 5.26. The third-order valence-electron chi connectivity index (χ3n) is 4.82. The van der Waals surface area contributed by atoms with Crippen LogP contribution in [-0.2, 0) is 25.4 Å². The smallest absolute Gasteiger partial charge is 0.274 e. The van der Waals surface area contributed by atoms with Gasteiger partial charge in [0.15, 0.2) is 10.3 Å². The number of nitrogens with one attached hydrogen (secondary N) is 1. The summed E-state index contributed by atoms with van der Waals surface area (Å²) in [7, 11) is 3.26. The number of ether oxygens (including phenoxy) is 1. The molecule has 1 fully saturated rings. The molecule has 1 aliphatic heterocycles. The van der Waals surface area contributed by atoms with Crippen molar-refractivity contribution < 1.29 is 9.13 Å². The highest BCUT2D eigenvalue weighted by molar-refractivity contribution is 7.71. The minimum absolute atomic E-state index is 0.0255. The van der Waals surface area contributed by atoms with Crippen LogP contribution in [0.3, 0.4) is 0 Å². The van der Waals surface area contributed by atoms with Gasteiger partial charge >= 0.3 is 0 Å². The van der Waals surface area contributed by atoms with Gasteiger partial charge in [0.2, 0.25) is 0 Å². The largest absolute Gasteiger partial charge is 0.374 e. The highest BCUT2D eigenvalue weighted by Gasteiger charge is 2.22. The number of hydrogen-bond donors (Lipinski definition) is 1. The Labute approximate surface area is 167 Å². The summed E-state index contributed by atoms with van der Waals surface area (Å²) in [6.07, 6.45) is -0.113. The number of rotatable bonds is 5. The second-order valence-electron chi connectivity index (χ2n) is 6.78. The van der Waals surface area contributed by atoms with Crippen molar-refractivity contribution in [1.82, 2.24) is 14.0 Å². The average Bonchev–Trinajstić information content (AvgIpc) is 2.70. The van der Waals surface area contributed by atoms with Gasteiger partial charge in [0.25, 0.3) is 5.56 Å². The first kappa shape index (κ1) is 20.2. The predicted octanol–water partition coefficient (Wildman–Crippen LogP) is 1.78. The van der Waals surface area contributed by atoms with Crippen LogP contribution in [-0.4, -0.2) is 46.4 Å². The molecule has 148 valence electrons. The van der Waals surface area contributed by atoms with Gasteiger partial charge in [-0.3, -0.25) is 14.3 Å². The zero-order chi connectivity index (χ0) is 20.3. The highest BCUT2D eigenvalue weighted by atomic mass is 32.1. The minimum atomic E-state index is -0.421. The normalized spacial score (nSPS) is 17.3. The molecule has 3 rings (SSSR count). The van der Waals surface area contributed by atoms with E-state index in [1.54, 1.807) is 30.8 Å². The summed E-state index contributed by atoms with van der Waals surface area (Å²) in [6.45, 7) is 3.19. The van der Waals surface area contributed by atoms with Crippen molar-refractivity contribution >= 4 is 18.0 Å². The summed E-state index contributed by atoms with van der Waals surface area (Å²) in [5, 5.41) is 12.5. The highest BCUT2D eigenvalue weighted by Crippen LogP contribution is 2.14. The average molecular weight is 403 g/mol. The van der Waals surface area contributed by atoms with Gasteiger partial charge in [-0.2, -0.15) is 5.26 Å². The third-order valence-corrected chi connectivity index (χ3v) is 5.36. The molecule has 0 aliphatic carbocycles. The molecule has 1 atom stereocenters. The van der Waals surface area contributed by atoms with Crippen molar-refractivity contribution in [3.63, 3.8) is 0 Å². The van der Waals surface area contributed by atoms with Gasteiger partial charge in [-0.1, -0.05) is 12.1 Å². The van der Waals surface area contributed by atoms with Crippen molar-refractivity contribution in [2.75, 3.05) is 31.6 Å². The second-order valence-corrected chi connectivity index (χ2v) is 7.14. The van der Waals surface area contributed by atoms with E-state index in [0.717, 1.165) is 12.1 Å². The van der Waals surface area contributed by atoms with Gasteiger partial charge in [-0.15, -0.1) is 0 Å². The number of hydrogen-bond acceptors (Lipinski definition) is 6. The van der Waals surface area contributed by atoms with Crippen LogP contribution in [0.1, 0.15) is 11.1 Å². The molecule has 0 bridgehead atoms. The molecule has 0 radical (unpaired) electrons. The minimum Gasteiger partial charge on any atom is -0.374 e. The molecule has 1 aromatic carbocycles. The summed E-state index contributed by atoms with van der Waals surface area (Å²) in [5.74, 6) is 0.152. The Morgan fingerprint density at radius 1 is 1.32 bits per heavy atom. The second kappa shape index (κ2) is 8.65. The number of nitriles is 1. The van der Waals surface area contributed by atoms with E-state index in [4.69, 9.17) is 17.0 Å². The molecular formula is C19H22FN5O2S. The number of nitrogens with zero attached hydrogens (tertiary/aromatic N) is 4. The molecule has 28 heavy (non-hydrogen) atoms. The maximum absolute atomic E-state index is 13.1. The van der Waals surface area contributed by atoms with Gasteiger partial charge in [0, 0.05) is 40.3 Å². The Bertz CT molecular complexity index is 1010. The summed E-state index contributed by atoms with van der Waals surface area (Å²) in [6, 6.07) is 8.44. The van der Waals surface area contributed by atoms with E-state index in [-0.39, 0.29) is 17.5 Å². The van der Waals surface area contributed by atoms with E-state index in [1.807, 2.05) is 6.07 Å². The maximum Gasteiger partial charge on any atom is 0.274 e. The molecule has 1 saturated heterocycles. The molecule has 2 aromatic rings. The van der Waals surface area contributed by atoms with Crippen LogP contribution in [0.2, 0.25) is 0 Å². The van der Waals surface area contributed by atoms with Crippen molar-refractivity contribution in [1.29, 1.82) is 5.26 Å². The number of aromatic nitrogens is 2. The Balaban J connectivity index is 1.68. The van der Waals surface area contributed by atoms with Gasteiger partial charge in [0.1, 0.15) is 17.7 Å². The summed E-state index contributed by atoms with van der Waals surface area (Å²) in [4.78, 5) is 14.5. The molecule has 0 saturated carbocycles. The Morgan fingerprint density at radius 3 is 2.71 bits per heavy atom. The number of anilines is 1. The standard InChI is InChI=1S/C19H22FN5O2S/c1-23-17(16(9-21)18(26)24(2)19(23)28)22-10-15-12-25(7-8-27-15)11-13-3-5-14(20)6-4-13/h3-6,15,22H,7-8,10-12H2,1-2H3. The van der Waals surface area contributed by atoms with E-state index in [2.05, 4.69) is 10.2 Å². The van der Waals surface area contributed by atoms with Crippen LogP contribution < -0.4 is 10.9 Å². The van der Waals surface area contributed by atoms with Crippen molar-refractivity contribution in [3.8, 4) is 6.07 Å². The molecule has 0 spiro atoms. The molecular weight excluding hydrogens is 381 g/mol. The number of halogens is 1. The van der Waals surface area contributed by atoms with Gasteiger partial charge < -0.3 is 14.6 Å². The monoisotopic (exact) mass is 403 g/mol. The lowest BCUT2D eigenvalue weighted by molar-refractivity contribution is -0.0241.